The summed E-state index contributed by atoms with van der Waals surface area (Å²) < 4.78 is 0. The fourth-order valence-electron chi connectivity index (χ4n) is 2.92. The van der Waals surface area contributed by atoms with Gasteiger partial charge in [0.15, 0.2) is 0 Å². The summed E-state index contributed by atoms with van der Waals surface area (Å²) in [6, 6.07) is 0.645. The van der Waals surface area contributed by atoms with Gasteiger partial charge in [0.2, 0.25) is 5.91 Å². The van der Waals surface area contributed by atoms with Gasteiger partial charge in [-0.1, -0.05) is 20.3 Å². The van der Waals surface area contributed by atoms with Crippen molar-refractivity contribution in [1.29, 1.82) is 0 Å². The molecular weight excluding hydrogens is 226 g/mol. The molecule has 0 radical (unpaired) electrons. The summed E-state index contributed by atoms with van der Waals surface area (Å²) >= 11 is 0. The van der Waals surface area contributed by atoms with Gasteiger partial charge in [0.05, 0.1) is 6.54 Å². The van der Waals surface area contributed by atoms with Gasteiger partial charge in [-0.05, 0) is 38.6 Å². The third-order valence-electron chi connectivity index (χ3n) is 3.95. The number of rotatable bonds is 6. The van der Waals surface area contributed by atoms with Crippen LogP contribution < -0.4 is 11.1 Å². The standard InChI is InChI=1S/C14H29N3O/c1-4-6-12(3)16-14(18)10-17-8-5-7-11(2)13(17)9-15/h11-13H,4-10,15H2,1-3H3,(H,16,18). The number of nitrogens with zero attached hydrogens (tertiary/aromatic N) is 1. The zero-order chi connectivity index (χ0) is 13.5. The molecule has 0 aromatic carbocycles. The van der Waals surface area contributed by atoms with Crippen LogP contribution >= 0.6 is 0 Å². The lowest BCUT2D eigenvalue weighted by molar-refractivity contribution is -0.124. The van der Waals surface area contributed by atoms with Crippen molar-refractivity contribution in [2.75, 3.05) is 19.6 Å². The van der Waals surface area contributed by atoms with E-state index in [4.69, 9.17) is 5.73 Å². The zero-order valence-corrected chi connectivity index (χ0v) is 12.1. The second-order valence-electron chi connectivity index (χ2n) is 5.65. The highest BCUT2D eigenvalue weighted by molar-refractivity contribution is 5.78. The number of carbonyl (C=O) groups excluding carboxylic acids is 1. The van der Waals surface area contributed by atoms with Crippen LogP contribution in [-0.2, 0) is 4.79 Å². The lowest BCUT2D eigenvalue weighted by atomic mass is 9.91. The first-order valence-corrected chi connectivity index (χ1v) is 7.32. The lowest BCUT2D eigenvalue weighted by Gasteiger charge is -2.39. The molecule has 106 valence electrons. The van der Waals surface area contributed by atoms with Crippen molar-refractivity contribution in [3.05, 3.63) is 0 Å². The van der Waals surface area contributed by atoms with Crippen molar-refractivity contribution < 1.29 is 4.79 Å². The Bertz CT molecular complexity index is 257. The molecule has 1 heterocycles. The van der Waals surface area contributed by atoms with Gasteiger partial charge in [0, 0.05) is 18.6 Å². The van der Waals surface area contributed by atoms with E-state index < -0.39 is 0 Å². The first kappa shape index (κ1) is 15.4. The van der Waals surface area contributed by atoms with Crippen molar-refractivity contribution >= 4 is 5.91 Å². The maximum Gasteiger partial charge on any atom is 0.234 e. The lowest BCUT2D eigenvalue weighted by Crippen LogP contribution is -2.52. The van der Waals surface area contributed by atoms with E-state index >= 15 is 0 Å². The second kappa shape index (κ2) is 7.74. The van der Waals surface area contributed by atoms with E-state index in [0.717, 1.165) is 19.4 Å². The van der Waals surface area contributed by atoms with Crippen molar-refractivity contribution in [3.8, 4) is 0 Å². The molecule has 0 spiro atoms. The summed E-state index contributed by atoms with van der Waals surface area (Å²) in [7, 11) is 0. The molecular formula is C14H29N3O. The molecule has 4 nitrogen and oxygen atoms in total. The van der Waals surface area contributed by atoms with Crippen molar-refractivity contribution in [3.63, 3.8) is 0 Å². The van der Waals surface area contributed by atoms with Crippen LogP contribution in [0.1, 0.15) is 46.5 Å². The molecule has 1 fully saturated rings. The van der Waals surface area contributed by atoms with E-state index in [-0.39, 0.29) is 11.9 Å². The Hall–Kier alpha value is -0.610. The summed E-state index contributed by atoms with van der Waals surface area (Å²) in [5.74, 6) is 0.744. The van der Waals surface area contributed by atoms with Crippen LogP contribution in [0.3, 0.4) is 0 Å². The van der Waals surface area contributed by atoms with Crippen LogP contribution in [0.2, 0.25) is 0 Å². The number of nitrogens with two attached hydrogens (primary N) is 1. The maximum absolute atomic E-state index is 12.0. The number of nitrogens with one attached hydrogen (secondary N) is 1. The quantitative estimate of drug-likeness (QED) is 0.753. The minimum absolute atomic E-state index is 0.142. The summed E-state index contributed by atoms with van der Waals surface area (Å²) in [6.45, 7) is 8.60. The van der Waals surface area contributed by atoms with Gasteiger partial charge < -0.3 is 11.1 Å². The molecule has 3 unspecified atom stereocenters. The summed E-state index contributed by atoms with van der Waals surface area (Å²) in [4.78, 5) is 14.2. The number of carbonyl (C=O) groups is 1. The average molecular weight is 255 g/mol. The molecule has 0 aliphatic carbocycles. The highest BCUT2D eigenvalue weighted by Gasteiger charge is 2.28. The number of piperidine rings is 1. The van der Waals surface area contributed by atoms with Gasteiger partial charge in [-0.15, -0.1) is 0 Å². The van der Waals surface area contributed by atoms with Crippen molar-refractivity contribution in [2.45, 2.75) is 58.5 Å². The van der Waals surface area contributed by atoms with Gasteiger partial charge in [-0.3, -0.25) is 9.69 Å². The Morgan fingerprint density at radius 2 is 2.28 bits per heavy atom. The molecule has 1 aliphatic rings. The number of amides is 1. The highest BCUT2D eigenvalue weighted by atomic mass is 16.2. The number of hydrogen-bond acceptors (Lipinski definition) is 3. The van der Waals surface area contributed by atoms with Crippen molar-refractivity contribution in [2.24, 2.45) is 11.7 Å². The summed E-state index contributed by atoms with van der Waals surface area (Å²) in [6.07, 6.45) is 4.55. The summed E-state index contributed by atoms with van der Waals surface area (Å²) in [5, 5.41) is 3.07. The van der Waals surface area contributed by atoms with Gasteiger partial charge in [-0.2, -0.15) is 0 Å². The normalized spacial score (nSPS) is 26.9. The Balaban J connectivity index is 2.42. The van der Waals surface area contributed by atoms with Gasteiger partial charge in [0.1, 0.15) is 0 Å². The molecule has 1 aliphatic heterocycles. The minimum Gasteiger partial charge on any atom is -0.353 e. The van der Waals surface area contributed by atoms with E-state index in [1.165, 1.54) is 12.8 Å². The molecule has 0 aromatic rings. The smallest absolute Gasteiger partial charge is 0.234 e. The molecule has 1 rings (SSSR count). The van der Waals surface area contributed by atoms with Crippen LogP contribution in [0.15, 0.2) is 0 Å². The maximum atomic E-state index is 12.0. The Labute approximate surface area is 111 Å². The van der Waals surface area contributed by atoms with E-state index in [9.17, 15) is 4.79 Å². The van der Waals surface area contributed by atoms with Crippen LogP contribution in [-0.4, -0.2) is 42.5 Å². The van der Waals surface area contributed by atoms with E-state index in [1.807, 2.05) is 0 Å². The molecule has 3 atom stereocenters. The van der Waals surface area contributed by atoms with E-state index in [0.29, 0.717) is 25.0 Å². The van der Waals surface area contributed by atoms with Crippen LogP contribution in [0.4, 0.5) is 0 Å². The van der Waals surface area contributed by atoms with Crippen LogP contribution in [0.5, 0.6) is 0 Å². The van der Waals surface area contributed by atoms with Crippen LogP contribution in [0.25, 0.3) is 0 Å². The van der Waals surface area contributed by atoms with Gasteiger partial charge in [-0.25, -0.2) is 0 Å². The highest BCUT2D eigenvalue weighted by Crippen LogP contribution is 2.22. The molecule has 3 N–H and O–H groups in total. The largest absolute Gasteiger partial charge is 0.353 e. The summed E-state index contributed by atoms with van der Waals surface area (Å²) in [5.41, 5.74) is 5.84. The molecule has 0 bridgehead atoms. The molecule has 0 saturated carbocycles. The van der Waals surface area contributed by atoms with E-state index in [2.05, 4.69) is 31.0 Å². The second-order valence-corrected chi connectivity index (χ2v) is 5.65. The number of likely N-dealkylation sites (tertiary alicyclic amines) is 1. The fraction of sp³-hybridized carbons (Fsp3) is 0.929. The topological polar surface area (TPSA) is 58.4 Å². The molecule has 1 saturated heterocycles. The Kier molecular flexibility index (Phi) is 6.65. The Morgan fingerprint density at radius 1 is 1.56 bits per heavy atom. The van der Waals surface area contributed by atoms with Gasteiger partial charge in [0.25, 0.3) is 0 Å². The van der Waals surface area contributed by atoms with Crippen LogP contribution in [0, 0.1) is 5.92 Å². The zero-order valence-electron chi connectivity index (χ0n) is 12.1. The first-order valence-electron chi connectivity index (χ1n) is 7.32. The molecule has 0 aromatic heterocycles. The molecule has 18 heavy (non-hydrogen) atoms. The third-order valence-corrected chi connectivity index (χ3v) is 3.95. The molecule has 1 amide bonds. The third kappa shape index (κ3) is 4.58. The first-order chi connectivity index (χ1) is 8.58. The SMILES string of the molecule is CCCC(C)NC(=O)CN1CCCC(C)C1CN. The monoisotopic (exact) mass is 255 g/mol. The number of hydrogen-bond donors (Lipinski definition) is 2. The average Bonchev–Trinajstić information content (AvgIpc) is 2.29. The Morgan fingerprint density at radius 3 is 2.89 bits per heavy atom. The van der Waals surface area contributed by atoms with Crippen molar-refractivity contribution in [1.82, 2.24) is 10.2 Å². The molecule has 4 heteroatoms. The predicted octanol–water partition coefficient (Wildman–Crippen LogP) is 1.35. The minimum atomic E-state index is 0.142. The fourth-order valence-corrected chi connectivity index (χ4v) is 2.92. The van der Waals surface area contributed by atoms with Gasteiger partial charge >= 0.3 is 0 Å². The van der Waals surface area contributed by atoms with E-state index in [1.54, 1.807) is 0 Å². The predicted molar refractivity (Wildman–Crippen MR) is 75.3 cm³/mol.